The van der Waals surface area contributed by atoms with Gasteiger partial charge in [-0.15, -0.1) is 0 Å². The Hall–Kier alpha value is -5.87. The van der Waals surface area contributed by atoms with E-state index in [1.807, 2.05) is 12.1 Å². The first kappa shape index (κ1) is 45.2. The van der Waals surface area contributed by atoms with Crippen molar-refractivity contribution in [3.8, 4) is 11.5 Å². The summed E-state index contributed by atoms with van der Waals surface area (Å²) in [4.78, 5) is 59.0. The van der Waals surface area contributed by atoms with Crippen molar-refractivity contribution >= 4 is 45.3 Å². The molecule has 4 aromatic rings. The smallest absolute Gasteiger partial charge is 0.262 e. The van der Waals surface area contributed by atoms with Crippen molar-refractivity contribution in [1.29, 1.82) is 0 Å². The maximum atomic E-state index is 13.1. The van der Waals surface area contributed by atoms with Crippen molar-refractivity contribution in [1.82, 2.24) is 20.2 Å². The van der Waals surface area contributed by atoms with Crippen molar-refractivity contribution in [3.63, 3.8) is 0 Å². The average molecular weight is 881 g/mol. The van der Waals surface area contributed by atoms with Crippen LogP contribution in [0.5, 0.6) is 11.5 Å². The molecule has 2 aliphatic heterocycles. The van der Waals surface area contributed by atoms with Crippen molar-refractivity contribution < 1.29 is 41.8 Å². The number of imide groups is 2. The van der Waals surface area contributed by atoms with Crippen LogP contribution in [0.25, 0.3) is 0 Å². The van der Waals surface area contributed by atoms with Crippen LogP contribution in [0.3, 0.4) is 0 Å². The summed E-state index contributed by atoms with van der Waals surface area (Å²) in [5.74, 6) is 0.629. The number of nitrogens with one attached hydrogen (secondary N) is 3. The van der Waals surface area contributed by atoms with Crippen LogP contribution in [0.4, 0.5) is 11.6 Å². The van der Waals surface area contributed by atoms with E-state index in [0.717, 1.165) is 86.3 Å². The van der Waals surface area contributed by atoms with Gasteiger partial charge in [-0.25, -0.2) is 18.4 Å². The summed E-state index contributed by atoms with van der Waals surface area (Å²) in [5, 5.41) is 5.56. The zero-order valence-corrected chi connectivity index (χ0v) is 36.9. The van der Waals surface area contributed by atoms with Crippen molar-refractivity contribution in [2.45, 2.75) is 89.7 Å². The number of ether oxygens (including phenoxy) is 3. The van der Waals surface area contributed by atoms with Gasteiger partial charge in [-0.1, -0.05) is 38.1 Å². The monoisotopic (exact) mass is 880 g/mol. The number of unbranched alkanes of at least 4 members (excludes halogenated alkanes) is 2. The molecule has 0 spiro atoms. The molecule has 2 fully saturated rings. The van der Waals surface area contributed by atoms with Gasteiger partial charge in [0.05, 0.1) is 29.7 Å². The fourth-order valence-corrected chi connectivity index (χ4v) is 8.73. The maximum absolute atomic E-state index is 13.1. The lowest BCUT2D eigenvalue weighted by Gasteiger charge is -2.28. The SMILES string of the molecule is CC(C)(c1ccc(OCc2ccnc(NS(C)(=O)=O)n2)cc1)c1ccc(OC[C@H]2CC[C@H](COCCCCCNc3ccc4c(c3)C(=O)N(C3CCC(=O)NC3=O)C4=O)CC2)cc1. The molecule has 1 aromatic heterocycles. The third-order valence-corrected chi connectivity index (χ3v) is 12.6. The van der Waals surface area contributed by atoms with Gasteiger partial charge in [0.25, 0.3) is 11.8 Å². The van der Waals surface area contributed by atoms with E-state index in [4.69, 9.17) is 14.2 Å². The molecule has 334 valence electrons. The van der Waals surface area contributed by atoms with Gasteiger partial charge in [-0.2, -0.15) is 0 Å². The molecule has 1 atom stereocenters. The Morgan fingerprint density at radius 3 is 2.10 bits per heavy atom. The largest absolute Gasteiger partial charge is 0.493 e. The highest BCUT2D eigenvalue weighted by Crippen LogP contribution is 2.35. The number of carbonyl (C=O) groups excluding carboxylic acids is 4. The van der Waals surface area contributed by atoms with E-state index in [2.05, 4.69) is 75.6 Å². The zero-order valence-electron chi connectivity index (χ0n) is 36.1. The first-order valence-corrected chi connectivity index (χ1v) is 23.6. The quantitative estimate of drug-likeness (QED) is 0.0634. The molecule has 3 heterocycles. The minimum absolute atomic E-state index is 0.00729. The summed E-state index contributed by atoms with van der Waals surface area (Å²) in [6.45, 7) is 7.47. The Labute approximate surface area is 368 Å². The molecule has 16 heteroatoms. The summed E-state index contributed by atoms with van der Waals surface area (Å²) in [7, 11) is -3.48. The summed E-state index contributed by atoms with van der Waals surface area (Å²) >= 11 is 0. The van der Waals surface area contributed by atoms with Gasteiger partial charge in [0, 0.05) is 43.5 Å². The van der Waals surface area contributed by atoms with Crippen LogP contribution >= 0.6 is 0 Å². The molecule has 7 rings (SSSR count). The molecule has 1 unspecified atom stereocenters. The molecule has 4 amide bonds. The molecule has 3 N–H and O–H groups in total. The number of fused-ring (bicyclic) bond motifs is 1. The molecule has 3 aromatic carbocycles. The Morgan fingerprint density at radius 2 is 1.43 bits per heavy atom. The van der Waals surface area contributed by atoms with Gasteiger partial charge in [-0.05, 0) is 123 Å². The van der Waals surface area contributed by atoms with E-state index in [-0.39, 0.29) is 41.9 Å². The number of hydrogen-bond donors (Lipinski definition) is 3. The number of sulfonamides is 1. The van der Waals surface area contributed by atoms with E-state index in [9.17, 15) is 27.6 Å². The second-order valence-corrected chi connectivity index (χ2v) is 18.9. The summed E-state index contributed by atoms with van der Waals surface area (Å²) in [5.41, 5.74) is 3.89. The highest BCUT2D eigenvalue weighted by molar-refractivity contribution is 7.92. The molecule has 15 nitrogen and oxygen atoms in total. The molecule has 1 aliphatic carbocycles. The molecule has 0 radical (unpaired) electrons. The fourth-order valence-electron chi connectivity index (χ4n) is 8.30. The normalized spacial score (nSPS) is 19.1. The molecule has 0 bridgehead atoms. The number of amides is 4. The first-order valence-electron chi connectivity index (χ1n) is 21.7. The maximum Gasteiger partial charge on any atom is 0.262 e. The number of piperidine rings is 1. The molecular weight excluding hydrogens is 825 g/mol. The number of hydrogen-bond acceptors (Lipinski definition) is 12. The Morgan fingerprint density at radius 1 is 0.778 bits per heavy atom. The molecular formula is C47H56N6O9S. The van der Waals surface area contributed by atoms with Crippen LogP contribution in [0, 0.1) is 11.8 Å². The third kappa shape index (κ3) is 11.8. The van der Waals surface area contributed by atoms with Crippen LogP contribution in [0.15, 0.2) is 79.0 Å². The minimum atomic E-state index is -3.48. The van der Waals surface area contributed by atoms with Crippen molar-refractivity contribution in [2.24, 2.45) is 11.8 Å². The summed E-state index contributed by atoms with van der Waals surface area (Å²) in [6.07, 6.45) is 10.2. The van der Waals surface area contributed by atoms with Crippen LogP contribution in [0.1, 0.15) is 109 Å². The predicted octanol–water partition coefficient (Wildman–Crippen LogP) is 6.64. The second kappa shape index (κ2) is 20.1. The van der Waals surface area contributed by atoms with E-state index in [1.165, 1.54) is 11.8 Å². The molecule has 3 aliphatic rings. The predicted molar refractivity (Wildman–Crippen MR) is 237 cm³/mol. The van der Waals surface area contributed by atoms with E-state index in [1.54, 1.807) is 24.3 Å². The summed E-state index contributed by atoms with van der Waals surface area (Å²) in [6, 6.07) is 22.1. The lowest BCUT2D eigenvalue weighted by Crippen LogP contribution is -2.54. The van der Waals surface area contributed by atoms with Crippen LogP contribution < -0.4 is 24.8 Å². The van der Waals surface area contributed by atoms with Gasteiger partial charge in [0.15, 0.2) is 0 Å². The van der Waals surface area contributed by atoms with Gasteiger partial charge in [-0.3, -0.25) is 34.1 Å². The van der Waals surface area contributed by atoms with E-state index in [0.29, 0.717) is 36.4 Å². The Kier molecular flexibility index (Phi) is 14.4. The Bertz CT molecular complexity index is 2380. The number of anilines is 2. The standard InChI is InChI=1S/C47H56N6O9S/c1-47(2,34-13-18-38(19-14-34)62-30-36-23-25-49-46(50-36)52-63(3,58)59)33-11-16-37(17-12-33)61-29-32-9-7-31(8-10-32)28-60-26-6-4-5-24-48-35-15-20-39-40(27-35)45(57)53(44(39)56)41-21-22-42(54)51-43(41)55/h11-20,23,25,27,31-32,41,48H,4-10,21-22,24,26,28-30H2,1-3H3,(H,49,50,52)(H,51,54,55)/t31-,32-,41?. The third-order valence-electron chi connectivity index (χ3n) is 12.1. The number of carbonyl (C=O) groups is 4. The average Bonchev–Trinajstić information content (AvgIpc) is 3.51. The van der Waals surface area contributed by atoms with Gasteiger partial charge in [0.1, 0.15) is 24.1 Å². The lowest BCUT2D eigenvalue weighted by molar-refractivity contribution is -0.136. The number of rotatable bonds is 20. The highest BCUT2D eigenvalue weighted by Gasteiger charge is 2.44. The number of nitrogens with zero attached hydrogens (tertiary/aromatic N) is 3. The minimum Gasteiger partial charge on any atom is -0.493 e. The molecule has 1 saturated carbocycles. The van der Waals surface area contributed by atoms with E-state index >= 15 is 0 Å². The van der Waals surface area contributed by atoms with Gasteiger partial charge < -0.3 is 19.5 Å². The Balaban J connectivity index is 0.745. The fraction of sp³-hybridized carbons (Fsp3) is 0.447. The van der Waals surface area contributed by atoms with Crippen LogP contribution in [-0.2, 0) is 36.4 Å². The topological polar surface area (TPSA) is 195 Å². The van der Waals surface area contributed by atoms with Gasteiger partial charge in [0.2, 0.25) is 27.8 Å². The van der Waals surface area contributed by atoms with Crippen molar-refractivity contribution in [3.05, 3.63) is 107 Å². The zero-order chi connectivity index (χ0) is 44.6. The lowest BCUT2D eigenvalue weighted by atomic mass is 9.78. The molecule has 1 saturated heterocycles. The number of aromatic nitrogens is 2. The number of benzene rings is 3. The van der Waals surface area contributed by atoms with Gasteiger partial charge >= 0.3 is 0 Å². The first-order chi connectivity index (χ1) is 30.2. The van der Waals surface area contributed by atoms with E-state index < -0.39 is 39.7 Å². The highest BCUT2D eigenvalue weighted by atomic mass is 32.2. The van der Waals surface area contributed by atoms with Crippen LogP contribution in [-0.4, -0.2) is 85.6 Å². The van der Waals surface area contributed by atoms with Crippen molar-refractivity contribution in [2.75, 3.05) is 42.7 Å². The van der Waals surface area contributed by atoms with Crippen LogP contribution in [0.2, 0.25) is 0 Å². The second-order valence-electron chi connectivity index (χ2n) is 17.2. The molecule has 63 heavy (non-hydrogen) atoms. The summed E-state index contributed by atoms with van der Waals surface area (Å²) < 4.78 is 43.5.